The van der Waals surface area contributed by atoms with E-state index in [-0.39, 0.29) is 11.5 Å². The molecule has 1 aliphatic heterocycles. The fourth-order valence-corrected chi connectivity index (χ4v) is 3.53. The molecular weight excluding hydrogens is 367 g/mol. The second-order valence-electron chi connectivity index (χ2n) is 6.49. The maximum atomic E-state index is 13.9. The van der Waals surface area contributed by atoms with Crippen LogP contribution in [0, 0.1) is 10.6 Å². The van der Waals surface area contributed by atoms with Crippen molar-refractivity contribution in [3.8, 4) is 0 Å². The highest BCUT2D eigenvalue weighted by molar-refractivity contribution is 7.71. The number of likely N-dealkylation sites (tertiary alicyclic amines) is 1. The standard InChI is InChI=1S/C19H17FN4O2S/c20-12-9-14(16-15(10-12)22-19(27)23-16)17(25)21-13-5-3-4-11(8-13)18(26)24-6-1-2-7-24/h3-5,8-10H,1-2,6-7H2,(H,21,25)(H2,22,23,27). The molecule has 0 spiro atoms. The molecule has 27 heavy (non-hydrogen) atoms. The summed E-state index contributed by atoms with van der Waals surface area (Å²) in [5.74, 6) is -1.09. The van der Waals surface area contributed by atoms with Crippen LogP contribution in [-0.2, 0) is 0 Å². The Morgan fingerprint density at radius 1 is 1.11 bits per heavy atom. The quantitative estimate of drug-likeness (QED) is 0.600. The molecule has 0 unspecified atom stereocenters. The van der Waals surface area contributed by atoms with Crippen LogP contribution in [0.4, 0.5) is 10.1 Å². The van der Waals surface area contributed by atoms with Crippen LogP contribution in [0.15, 0.2) is 36.4 Å². The van der Waals surface area contributed by atoms with Gasteiger partial charge < -0.3 is 20.2 Å². The lowest BCUT2D eigenvalue weighted by Gasteiger charge is -2.16. The van der Waals surface area contributed by atoms with E-state index in [4.69, 9.17) is 12.2 Å². The van der Waals surface area contributed by atoms with Crippen molar-refractivity contribution in [2.24, 2.45) is 0 Å². The monoisotopic (exact) mass is 384 g/mol. The Kier molecular flexibility index (Phi) is 4.49. The van der Waals surface area contributed by atoms with Gasteiger partial charge in [0.15, 0.2) is 4.77 Å². The first kappa shape index (κ1) is 17.4. The van der Waals surface area contributed by atoms with Gasteiger partial charge in [-0.2, -0.15) is 0 Å². The second kappa shape index (κ2) is 6.96. The molecule has 1 aromatic heterocycles. The second-order valence-corrected chi connectivity index (χ2v) is 6.90. The van der Waals surface area contributed by atoms with Crippen molar-refractivity contribution in [1.29, 1.82) is 0 Å². The van der Waals surface area contributed by atoms with Gasteiger partial charge in [0.25, 0.3) is 11.8 Å². The third kappa shape index (κ3) is 3.48. The van der Waals surface area contributed by atoms with Gasteiger partial charge in [0.2, 0.25) is 0 Å². The zero-order valence-electron chi connectivity index (χ0n) is 14.3. The van der Waals surface area contributed by atoms with Gasteiger partial charge in [-0.05, 0) is 55.4 Å². The largest absolute Gasteiger partial charge is 0.339 e. The fraction of sp³-hybridized carbons (Fsp3) is 0.211. The maximum absolute atomic E-state index is 13.9. The van der Waals surface area contributed by atoms with Gasteiger partial charge in [-0.15, -0.1) is 0 Å². The molecule has 1 fully saturated rings. The van der Waals surface area contributed by atoms with Crippen LogP contribution in [-0.4, -0.2) is 39.8 Å². The molecule has 138 valence electrons. The number of fused-ring (bicyclic) bond motifs is 1. The molecule has 0 saturated carbocycles. The Morgan fingerprint density at radius 2 is 1.89 bits per heavy atom. The molecule has 2 heterocycles. The number of rotatable bonds is 3. The number of aromatic amines is 2. The molecule has 1 aliphatic rings. The van der Waals surface area contributed by atoms with Crippen LogP contribution in [0.2, 0.25) is 0 Å². The van der Waals surface area contributed by atoms with Crippen LogP contribution >= 0.6 is 12.2 Å². The highest BCUT2D eigenvalue weighted by atomic mass is 32.1. The molecule has 2 aromatic carbocycles. The van der Waals surface area contributed by atoms with Crippen molar-refractivity contribution in [3.05, 3.63) is 58.1 Å². The smallest absolute Gasteiger partial charge is 0.257 e. The number of H-pyrrole nitrogens is 2. The fourth-order valence-electron chi connectivity index (χ4n) is 3.32. The summed E-state index contributed by atoms with van der Waals surface area (Å²) in [5.41, 5.74) is 1.97. The topological polar surface area (TPSA) is 81.0 Å². The van der Waals surface area contributed by atoms with E-state index in [2.05, 4.69) is 15.3 Å². The number of hydrogen-bond donors (Lipinski definition) is 3. The molecule has 0 bridgehead atoms. The zero-order valence-corrected chi connectivity index (χ0v) is 15.2. The van der Waals surface area contributed by atoms with Gasteiger partial charge in [0, 0.05) is 24.3 Å². The van der Waals surface area contributed by atoms with Gasteiger partial charge in [-0.25, -0.2) is 4.39 Å². The number of aromatic nitrogens is 2. The Morgan fingerprint density at radius 3 is 2.67 bits per heavy atom. The SMILES string of the molecule is O=C(Nc1cccc(C(=O)N2CCCC2)c1)c1cc(F)cc2[nH]c(=S)[nH]c12. The predicted molar refractivity (Wildman–Crippen MR) is 103 cm³/mol. The summed E-state index contributed by atoms with van der Waals surface area (Å²) in [6.45, 7) is 1.51. The van der Waals surface area contributed by atoms with Crippen molar-refractivity contribution in [2.75, 3.05) is 18.4 Å². The molecule has 0 atom stereocenters. The molecule has 3 aromatic rings. The summed E-state index contributed by atoms with van der Waals surface area (Å²) < 4.78 is 14.2. The molecule has 3 N–H and O–H groups in total. The molecule has 4 rings (SSSR count). The van der Waals surface area contributed by atoms with E-state index < -0.39 is 11.7 Å². The van der Waals surface area contributed by atoms with Crippen LogP contribution in [0.5, 0.6) is 0 Å². The third-order valence-electron chi connectivity index (χ3n) is 4.60. The summed E-state index contributed by atoms with van der Waals surface area (Å²) in [5, 5.41) is 2.73. The summed E-state index contributed by atoms with van der Waals surface area (Å²) in [7, 11) is 0. The van der Waals surface area contributed by atoms with Gasteiger partial charge in [-0.1, -0.05) is 6.07 Å². The maximum Gasteiger partial charge on any atom is 0.257 e. The van der Waals surface area contributed by atoms with Crippen LogP contribution in [0.1, 0.15) is 33.6 Å². The van der Waals surface area contributed by atoms with E-state index in [0.717, 1.165) is 32.0 Å². The number of amides is 2. The van der Waals surface area contributed by atoms with E-state index in [0.29, 0.717) is 27.1 Å². The van der Waals surface area contributed by atoms with E-state index in [1.807, 2.05) is 0 Å². The van der Waals surface area contributed by atoms with Gasteiger partial charge in [-0.3, -0.25) is 9.59 Å². The van der Waals surface area contributed by atoms with E-state index in [9.17, 15) is 14.0 Å². The first-order valence-electron chi connectivity index (χ1n) is 8.63. The van der Waals surface area contributed by atoms with E-state index in [1.165, 1.54) is 6.07 Å². The van der Waals surface area contributed by atoms with Crippen LogP contribution in [0.3, 0.4) is 0 Å². The molecular formula is C19H17FN4O2S. The number of halogens is 1. The minimum Gasteiger partial charge on any atom is -0.339 e. The van der Waals surface area contributed by atoms with Gasteiger partial charge in [0.1, 0.15) is 5.82 Å². The molecule has 8 heteroatoms. The Balaban J connectivity index is 1.61. The number of benzene rings is 2. The lowest BCUT2D eigenvalue weighted by Crippen LogP contribution is -2.27. The van der Waals surface area contributed by atoms with E-state index in [1.54, 1.807) is 29.2 Å². The summed E-state index contributed by atoms with van der Waals surface area (Å²) >= 11 is 5.02. The summed E-state index contributed by atoms with van der Waals surface area (Å²) in [6.07, 6.45) is 2.02. The Bertz CT molecular complexity index is 1100. The van der Waals surface area contributed by atoms with Crippen molar-refractivity contribution < 1.29 is 14.0 Å². The highest BCUT2D eigenvalue weighted by Gasteiger charge is 2.20. The van der Waals surface area contributed by atoms with Crippen LogP contribution in [0.25, 0.3) is 11.0 Å². The van der Waals surface area contributed by atoms with E-state index >= 15 is 0 Å². The average molecular weight is 384 g/mol. The lowest BCUT2D eigenvalue weighted by molar-refractivity contribution is 0.0792. The minimum atomic E-state index is -0.545. The number of anilines is 1. The first-order chi connectivity index (χ1) is 13.0. The summed E-state index contributed by atoms with van der Waals surface area (Å²) in [6, 6.07) is 9.18. The van der Waals surface area contributed by atoms with Crippen molar-refractivity contribution >= 4 is 40.8 Å². The number of imidazole rings is 1. The number of nitrogens with zero attached hydrogens (tertiary/aromatic N) is 1. The summed E-state index contributed by atoms with van der Waals surface area (Å²) in [4.78, 5) is 32.7. The highest BCUT2D eigenvalue weighted by Crippen LogP contribution is 2.21. The average Bonchev–Trinajstić information content (AvgIpc) is 3.29. The van der Waals surface area contributed by atoms with Crippen molar-refractivity contribution in [3.63, 3.8) is 0 Å². The van der Waals surface area contributed by atoms with Crippen LogP contribution < -0.4 is 5.32 Å². The van der Waals surface area contributed by atoms with Crippen molar-refractivity contribution in [2.45, 2.75) is 12.8 Å². The van der Waals surface area contributed by atoms with Crippen molar-refractivity contribution in [1.82, 2.24) is 14.9 Å². The third-order valence-corrected chi connectivity index (χ3v) is 4.80. The molecule has 6 nitrogen and oxygen atoms in total. The first-order valence-corrected chi connectivity index (χ1v) is 9.04. The zero-order chi connectivity index (χ0) is 19.0. The predicted octanol–water partition coefficient (Wildman–Crippen LogP) is 3.85. The molecule has 0 aliphatic carbocycles. The Hall–Kier alpha value is -3.00. The number of nitrogens with one attached hydrogen (secondary N) is 3. The molecule has 0 radical (unpaired) electrons. The number of hydrogen-bond acceptors (Lipinski definition) is 3. The minimum absolute atomic E-state index is 0.0496. The number of carbonyl (C=O) groups excluding carboxylic acids is 2. The van der Waals surface area contributed by atoms with Gasteiger partial charge in [0.05, 0.1) is 16.6 Å². The normalized spacial score (nSPS) is 13.9. The lowest BCUT2D eigenvalue weighted by atomic mass is 10.1. The number of carbonyl (C=O) groups is 2. The Labute approximate surface area is 159 Å². The molecule has 1 saturated heterocycles. The molecule has 2 amide bonds. The van der Waals surface area contributed by atoms with Gasteiger partial charge >= 0.3 is 0 Å².